The third-order valence-electron chi connectivity index (χ3n) is 7.82. The topological polar surface area (TPSA) is 9.34 Å². The van der Waals surface area contributed by atoms with Crippen molar-refractivity contribution in [1.29, 1.82) is 0 Å². The van der Waals surface area contributed by atoms with Crippen LogP contribution in [0.25, 0.3) is 65.6 Å². The van der Waals surface area contributed by atoms with Crippen LogP contribution >= 0.6 is 0 Å². The third-order valence-corrected chi connectivity index (χ3v) is 7.82. The number of aromatic nitrogens is 2. The van der Waals surface area contributed by atoms with Gasteiger partial charge in [0.15, 0.2) is 0 Å². The molecule has 0 unspecified atom stereocenters. The molecule has 0 atom stereocenters. The van der Waals surface area contributed by atoms with Gasteiger partial charge in [-0.15, -0.1) is 0 Å². The van der Waals surface area contributed by atoms with Gasteiger partial charge in [-0.25, -0.2) is 0 Å². The predicted octanol–water partition coefficient (Wildman–Crippen LogP) is 7.84. The Balaban J connectivity index is 1.54. The quantitative estimate of drug-likeness (QED) is 0.237. The number of rotatable bonds is 0. The molecule has 2 nitrogen and oxygen atoms in total. The van der Waals surface area contributed by atoms with Gasteiger partial charge in [-0.1, -0.05) is 72.8 Å². The van der Waals surface area contributed by atoms with Gasteiger partial charge >= 0.3 is 0 Å². The van der Waals surface area contributed by atoms with Crippen LogP contribution in [0.3, 0.4) is 0 Å². The zero-order chi connectivity index (χ0) is 21.3. The van der Waals surface area contributed by atoms with E-state index in [1.165, 1.54) is 76.7 Å². The summed E-state index contributed by atoms with van der Waals surface area (Å²) in [7, 11) is 0. The minimum Gasteiger partial charge on any atom is -0.309 e. The highest BCUT2D eigenvalue weighted by Gasteiger charge is 2.25. The lowest BCUT2D eigenvalue weighted by Crippen LogP contribution is -2.08. The second-order valence-electron chi connectivity index (χ2n) is 9.40. The molecular weight excluding hydrogens is 400 g/mol. The smallest absolute Gasteiger partial charge is 0.0620 e. The minimum absolute atomic E-state index is 0.974. The average Bonchev–Trinajstić information content (AvgIpc) is 3.49. The molecule has 3 aromatic heterocycles. The Bertz CT molecular complexity index is 2100. The van der Waals surface area contributed by atoms with Gasteiger partial charge in [0.2, 0.25) is 0 Å². The van der Waals surface area contributed by atoms with Crippen molar-refractivity contribution in [2.75, 3.05) is 0 Å². The lowest BCUT2D eigenvalue weighted by atomic mass is 9.95. The molecule has 152 valence electrons. The van der Waals surface area contributed by atoms with E-state index in [0.717, 1.165) is 6.42 Å². The average molecular weight is 418 g/mol. The molecule has 0 saturated carbocycles. The lowest BCUT2D eigenvalue weighted by Gasteiger charge is -2.21. The summed E-state index contributed by atoms with van der Waals surface area (Å²) >= 11 is 0. The van der Waals surface area contributed by atoms with Crippen LogP contribution in [0.2, 0.25) is 0 Å². The molecule has 0 spiro atoms. The Hall–Kier alpha value is -4.30. The maximum Gasteiger partial charge on any atom is 0.0620 e. The SMILES string of the molecule is c1ccc2c(c1)c1cccc3c1n2-c1cc2c(cc1C3)c1cccc3c4ccccc4n2c31. The molecule has 5 aromatic carbocycles. The highest BCUT2D eigenvalue weighted by molar-refractivity contribution is 6.23. The van der Waals surface area contributed by atoms with Crippen LogP contribution in [0, 0.1) is 0 Å². The van der Waals surface area contributed by atoms with E-state index < -0.39 is 0 Å². The summed E-state index contributed by atoms with van der Waals surface area (Å²) in [6.45, 7) is 0. The zero-order valence-corrected chi connectivity index (χ0v) is 17.8. The van der Waals surface area contributed by atoms with E-state index in [4.69, 9.17) is 0 Å². The van der Waals surface area contributed by atoms with Gasteiger partial charge in [0.05, 0.1) is 33.3 Å². The van der Waals surface area contributed by atoms with Crippen molar-refractivity contribution in [3.63, 3.8) is 0 Å². The number of para-hydroxylation sites is 4. The van der Waals surface area contributed by atoms with Crippen LogP contribution in [0.1, 0.15) is 11.1 Å². The summed E-state index contributed by atoms with van der Waals surface area (Å²) in [5.41, 5.74) is 10.7. The van der Waals surface area contributed by atoms with Gasteiger partial charge < -0.3 is 8.97 Å². The first-order valence-corrected chi connectivity index (χ1v) is 11.6. The fourth-order valence-electron chi connectivity index (χ4n) is 6.55. The monoisotopic (exact) mass is 418 g/mol. The van der Waals surface area contributed by atoms with Crippen LogP contribution in [0.15, 0.2) is 97.1 Å². The number of nitrogens with zero attached hydrogens (tertiary/aromatic N) is 2. The first-order chi connectivity index (χ1) is 16.4. The standard InChI is InChI=1S/C31H18N2/c1-3-13-26-20(8-1)22-10-5-7-18-15-19-16-25-24-12-6-11-23-21-9-2-4-14-27(21)33(31(23)24)29(25)17-28(19)32(26)30(18)22/h1-14,16-17H,15H2. The molecule has 33 heavy (non-hydrogen) atoms. The largest absolute Gasteiger partial charge is 0.309 e. The summed E-state index contributed by atoms with van der Waals surface area (Å²) in [5, 5.41) is 8.06. The first-order valence-electron chi connectivity index (χ1n) is 11.6. The molecule has 0 N–H and O–H groups in total. The first kappa shape index (κ1) is 16.3. The van der Waals surface area contributed by atoms with E-state index in [9.17, 15) is 0 Å². The summed E-state index contributed by atoms with van der Waals surface area (Å²) in [6, 6.07) is 36.1. The molecule has 0 radical (unpaired) electrons. The van der Waals surface area contributed by atoms with Gasteiger partial charge in [-0.3, -0.25) is 0 Å². The van der Waals surface area contributed by atoms with Crippen molar-refractivity contribution >= 4 is 59.9 Å². The maximum absolute atomic E-state index is 2.50. The Morgan fingerprint density at radius 1 is 0.455 bits per heavy atom. The molecular formula is C31H18N2. The Morgan fingerprint density at radius 2 is 1.09 bits per heavy atom. The zero-order valence-electron chi connectivity index (χ0n) is 17.8. The fourth-order valence-corrected chi connectivity index (χ4v) is 6.55. The summed E-state index contributed by atoms with van der Waals surface area (Å²) in [4.78, 5) is 0. The van der Waals surface area contributed by atoms with E-state index >= 15 is 0 Å². The molecule has 0 saturated heterocycles. The van der Waals surface area contributed by atoms with Crippen molar-refractivity contribution in [3.05, 3.63) is 108 Å². The highest BCUT2D eigenvalue weighted by atomic mass is 15.0. The van der Waals surface area contributed by atoms with Crippen molar-refractivity contribution < 1.29 is 0 Å². The van der Waals surface area contributed by atoms with Gasteiger partial charge in [-0.05, 0) is 35.4 Å². The van der Waals surface area contributed by atoms with Gasteiger partial charge in [0.1, 0.15) is 0 Å². The normalized spacial score (nSPS) is 13.3. The van der Waals surface area contributed by atoms with Crippen LogP contribution in [0.4, 0.5) is 0 Å². The van der Waals surface area contributed by atoms with Crippen molar-refractivity contribution in [2.24, 2.45) is 0 Å². The van der Waals surface area contributed by atoms with E-state index in [0.29, 0.717) is 0 Å². The molecule has 9 rings (SSSR count). The second-order valence-corrected chi connectivity index (χ2v) is 9.40. The summed E-state index contributed by atoms with van der Waals surface area (Å²) < 4.78 is 4.99. The van der Waals surface area contributed by atoms with Crippen LogP contribution in [-0.4, -0.2) is 8.97 Å². The molecule has 0 aliphatic carbocycles. The number of fused-ring (bicyclic) bond motifs is 11. The van der Waals surface area contributed by atoms with Crippen molar-refractivity contribution in [1.82, 2.24) is 8.97 Å². The second kappa shape index (κ2) is 5.36. The molecule has 0 fully saturated rings. The number of benzene rings is 5. The molecule has 0 bridgehead atoms. The van der Waals surface area contributed by atoms with Gasteiger partial charge in [0, 0.05) is 38.7 Å². The fraction of sp³-hybridized carbons (Fsp3) is 0.0323. The molecule has 1 aliphatic rings. The number of hydrogen-bond donors (Lipinski definition) is 0. The van der Waals surface area contributed by atoms with E-state index in [1.54, 1.807) is 0 Å². The Kier molecular flexibility index (Phi) is 2.66. The summed E-state index contributed by atoms with van der Waals surface area (Å²) in [6.07, 6.45) is 0.974. The molecule has 2 heteroatoms. The van der Waals surface area contributed by atoms with Crippen LogP contribution < -0.4 is 0 Å². The molecule has 0 amide bonds. The van der Waals surface area contributed by atoms with Crippen LogP contribution in [-0.2, 0) is 6.42 Å². The Morgan fingerprint density at radius 3 is 1.94 bits per heavy atom. The van der Waals surface area contributed by atoms with E-state index in [2.05, 4.69) is 106 Å². The highest BCUT2D eigenvalue weighted by Crippen LogP contribution is 2.44. The van der Waals surface area contributed by atoms with Crippen LogP contribution in [0.5, 0.6) is 0 Å². The van der Waals surface area contributed by atoms with Gasteiger partial charge in [-0.2, -0.15) is 0 Å². The molecule has 1 aliphatic heterocycles. The predicted molar refractivity (Wildman–Crippen MR) is 138 cm³/mol. The third kappa shape index (κ3) is 1.77. The van der Waals surface area contributed by atoms with Gasteiger partial charge in [0.25, 0.3) is 0 Å². The van der Waals surface area contributed by atoms with E-state index in [1.807, 2.05) is 0 Å². The van der Waals surface area contributed by atoms with Crippen molar-refractivity contribution in [2.45, 2.75) is 6.42 Å². The maximum atomic E-state index is 2.50. The summed E-state index contributed by atoms with van der Waals surface area (Å²) in [5.74, 6) is 0. The number of hydrogen-bond acceptors (Lipinski definition) is 0. The molecule has 4 heterocycles. The lowest BCUT2D eigenvalue weighted by molar-refractivity contribution is 1.05. The Labute approximate surface area is 189 Å². The van der Waals surface area contributed by atoms with Crippen molar-refractivity contribution in [3.8, 4) is 5.69 Å². The molecule has 8 aromatic rings. The minimum atomic E-state index is 0.974. The van der Waals surface area contributed by atoms with E-state index in [-0.39, 0.29) is 0 Å².